The lowest BCUT2D eigenvalue weighted by Gasteiger charge is -2.31. The number of rotatable bonds is 6. The van der Waals surface area contributed by atoms with Crippen LogP contribution in [0.15, 0.2) is 36.4 Å². The van der Waals surface area contributed by atoms with Gasteiger partial charge in [-0.05, 0) is 56.4 Å². The van der Waals surface area contributed by atoms with Crippen LogP contribution in [0.4, 0.5) is 5.13 Å². The van der Waals surface area contributed by atoms with Crippen LogP contribution in [0.25, 0.3) is 5.13 Å². The van der Waals surface area contributed by atoms with Crippen LogP contribution >= 0.6 is 11.3 Å². The molecule has 158 valence electrons. The Bertz CT molecular complexity index is 988. The Hall–Kier alpha value is -2.67. The van der Waals surface area contributed by atoms with Gasteiger partial charge < -0.3 is 10.2 Å². The molecule has 2 aromatic heterocycles. The molecule has 1 aromatic carbocycles. The fourth-order valence-electron chi connectivity index (χ4n) is 3.99. The van der Waals surface area contributed by atoms with Gasteiger partial charge in [0, 0.05) is 31.0 Å². The molecule has 1 aliphatic rings. The molecule has 0 bridgehead atoms. The average Bonchev–Trinajstić information content (AvgIpc) is 3.38. The summed E-state index contributed by atoms with van der Waals surface area (Å²) in [5.74, 6) is 0.108. The average molecular weight is 424 g/mol. The molecule has 4 rings (SSSR count). The second-order valence-electron chi connectivity index (χ2n) is 7.99. The number of aromatic nitrogens is 3. The number of piperidine rings is 1. The number of nitrogens with one attached hydrogen (secondary N) is 1. The first-order chi connectivity index (χ1) is 14.5. The molecule has 1 atom stereocenters. The predicted octanol–water partition coefficient (Wildman–Crippen LogP) is 4.04. The SMILES string of the molecule is CCc1ccc(CNC(=O)[C@@H]2CCCN(c3nnc(-n4c(C)ccc4C)s3)C2)cc1. The van der Waals surface area contributed by atoms with Gasteiger partial charge in [0.15, 0.2) is 0 Å². The molecule has 6 nitrogen and oxygen atoms in total. The fourth-order valence-corrected chi connectivity index (χ4v) is 4.99. The van der Waals surface area contributed by atoms with Gasteiger partial charge in [0.05, 0.1) is 5.92 Å². The topological polar surface area (TPSA) is 63.1 Å². The number of hydrogen-bond donors (Lipinski definition) is 1. The zero-order valence-corrected chi connectivity index (χ0v) is 18.7. The first-order valence-corrected chi connectivity index (χ1v) is 11.5. The van der Waals surface area contributed by atoms with Gasteiger partial charge in [-0.3, -0.25) is 9.36 Å². The Morgan fingerprint density at radius 2 is 1.73 bits per heavy atom. The Morgan fingerprint density at radius 3 is 2.43 bits per heavy atom. The van der Waals surface area contributed by atoms with E-state index in [1.54, 1.807) is 11.3 Å². The highest BCUT2D eigenvalue weighted by molar-refractivity contribution is 7.17. The van der Waals surface area contributed by atoms with Crippen molar-refractivity contribution in [2.24, 2.45) is 5.92 Å². The van der Waals surface area contributed by atoms with Crippen molar-refractivity contribution in [3.8, 4) is 5.13 Å². The van der Waals surface area contributed by atoms with Crippen LogP contribution in [-0.4, -0.2) is 33.8 Å². The Morgan fingerprint density at radius 1 is 1.07 bits per heavy atom. The Labute approximate surface area is 181 Å². The van der Waals surface area contributed by atoms with Crippen LogP contribution < -0.4 is 10.2 Å². The number of anilines is 1. The summed E-state index contributed by atoms with van der Waals surface area (Å²) in [5, 5.41) is 13.7. The number of nitrogens with zero attached hydrogens (tertiary/aromatic N) is 4. The van der Waals surface area contributed by atoms with E-state index in [1.807, 2.05) is 0 Å². The van der Waals surface area contributed by atoms with Gasteiger partial charge in [-0.2, -0.15) is 0 Å². The highest BCUT2D eigenvalue weighted by atomic mass is 32.1. The molecule has 1 aliphatic heterocycles. The van der Waals surface area contributed by atoms with Gasteiger partial charge in [0.2, 0.25) is 16.2 Å². The summed E-state index contributed by atoms with van der Waals surface area (Å²) in [5.41, 5.74) is 4.75. The van der Waals surface area contributed by atoms with Crippen LogP contribution in [0.3, 0.4) is 0 Å². The van der Waals surface area contributed by atoms with E-state index in [0.717, 1.165) is 53.0 Å². The van der Waals surface area contributed by atoms with Crippen LogP contribution in [0.5, 0.6) is 0 Å². The molecule has 0 spiro atoms. The molecule has 1 saturated heterocycles. The lowest BCUT2D eigenvalue weighted by atomic mass is 9.97. The zero-order valence-electron chi connectivity index (χ0n) is 17.9. The molecule has 3 heterocycles. The Kier molecular flexibility index (Phi) is 6.18. The maximum atomic E-state index is 12.8. The number of aryl methyl sites for hydroxylation is 3. The molecule has 1 amide bonds. The third-order valence-corrected chi connectivity index (χ3v) is 6.80. The van der Waals surface area contributed by atoms with E-state index >= 15 is 0 Å². The Balaban J connectivity index is 1.37. The van der Waals surface area contributed by atoms with Gasteiger partial charge in [0.1, 0.15) is 0 Å². The predicted molar refractivity (Wildman–Crippen MR) is 121 cm³/mol. The number of carbonyl (C=O) groups is 1. The third-order valence-electron chi connectivity index (χ3n) is 5.83. The molecule has 7 heteroatoms. The summed E-state index contributed by atoms with van der Waals surface area (Å²) in [4.78, 5) is 15.0. The second-order valence-corrected chi connectivity index (χ2v) is 8.93. The van der Waals surface area contributed by atoms with Crippen molar-refractivity contribution in [3.63, 3.8) is 0 Å². The van der Waals surface area contributed by atoms with Gasteiger partial charge >= 0.3 is 0 Å². The van der Waals surface area contributed by atoms with Crippen molar-refractivity contribution in [2.75, 3.05) is 18.0 Å². The van der Waals surface area contributed by atoms with Crippen LogP contribution in [-0.2, 0) is 17.8 Å². The largest absolute Gasteiger partial charge is 0.352 e. The van der Waals surface area contributed by atoms with E-state index in [0.29, 0.717) is 13.1 Å². The lowest BCUT2D eigenvalue weighted by Crippen LogP contribution is -2.43. The lowest BCUT2D eigenvalue weighted by molar-refractivity contribution is -0.125. The van der Waals surface area contributed by atoms with E-state index in [9.17, 15) is 4.79 Å². The molecular formula is C23H29N5OS. The minimum Gasteiger partial charge on any atom is -0.352 e. The van der Waals surface area contributed by atoms with E-state index in [-0.39, 0.29) is 11.8 Å². The summed E-state index contributed by atoms with van der Waals surface area (Å²) in [6.45, 7) is 8.48. The van der Waals surface area contributed by atoms with Crippen molar-refractivity contribution in [3.05, 3.63) is 58.9 Å². The zero-order chi connectivity index (χ0) is 21.1. The summed E-state index contributed by atoms with van der Waals surface area (Å²) in [6, 6.07) is 12.6. The molecule has 3 aromatic rings. The maximum absolute atomic E-state index is 12.8. The van der Waals surface area contributed by atoms with Crippen molar-refractivity contribution in [1.29, 1.82) is 0 Å². The standard InChI is InChI=1S/C23H29N5OS/c1-4-18-9-11-19(12-10-18)14-24-21(29)20-6-5-13-27(15-20)22-25-26-23(30-22)28-16(2)7-8-17(28)3/h7-12,20H,4-6,13-15H2,1-3H3,(H,24,29)/t20-/m1/s1. The van der Waals surface area contributed by atoms with E-state index in [1.165, 1.54) is 5.56 Å². The first-order valence-electron chi connectivity index (χ1n) is 10.6. The fraction of sp³-hybridized carbons (Fsp3) is 0.435. The number of amides is 1. The van der Waals surface area contributed by atoms with Gasteiger partial charge in [-0.15, -0.1) is 10.2 Å². The van der Waals surface area contributed by atoms with Crippen molar-refractivity contribution < 1.29 is 4.79 Å². The number of carbonyl (C=O) groups excluding carboxylic acids is 1. The molecular weight excluding hydrogens is 394 g/mol. The summed E-state index contributed by atoms with van der Waals surface area (Å²) >= 11 is 1.59. The van der Waals surface area contributed by atoms with Gasteiger partial charge in [-0.1, -0.05) is 42.5 Å². The van der Waals surface area contributed by atoms with Crippen LogP contribution in [0.2, 0.25) is 0 Å². The quantitative estimate of drug-likeness (QED) is 0.650. The monoisotopic (exact) mass is 423 g/mol. The van der Waals surface area contributed by atoms with Crippen molar-refractivity contribution >= 4 is 22.4 Å². The maximum Gasteiger partial charge on any atom is 0.225 e. The second kappa shape index (κ2) is 9.00. The van der Waals surface area contributed by atoms with Gasteiger partial charge in [0.25, 0.3) is 0 Å². The minimum atomic E-state index is -0.0175. The summed E-state index contributed by atoms with van der Waals surface area (Å²) < 4.78 is 2.12. The van der Waals surface area contributed by atoms with Crippen LogP contribution in [0.1, 0.15) is 42.3 Å². The normalized spacial score (nSPS) is 16.6. The molecule has 30 heavy (non-hydrogen) atoms. The van der Waals surface area contributed by atoms with E-state index in [4.69, 9.17) is 0 Å². The summed E-state index contributed by atoms with van der Waals surface area (Å²) in [7, 11) is 0. The smallest absolute Gasteiger partial charge is 0.225 e. The molecule has 1 fully saturated rings. The first kappa shape index (κ1) is 20.6. The van der Waals surface area contributed by atoms with Crippen LogP contribution in [0, 0.1) is 19.8 Å². The molecule has 0 aliphatic carbocycles. The number of benzene rings is 1. The molecule has 0 unspecified atom stereocenters. The van der Waals surface area contributed by atoms with E-state index in [2.05, 4.69) is 82.2 Å². The molecule has 1 N–H and O–H groups in total. The highest BCUT2D eigenvalue weighted by Gasteiger charge is 2.27. The van der Waals surface area contributed by atoms with Crippen molar-refractivity contribution in [1.82, 2.24) is 20.1 Å². The van der Waals surface area contributed by atoms with Gasteiger partial charge in [-0.25, -0.2) is 0 Å². The molecule has 0 radical (unpaired) electrons. The highest BCUT2D eigenvalue weighted by Crippen LogP contribution is 2.29. The number of hydrogen-bond acceptors (Lipinski definition) is 5. The van der Waals surface area contributed by atoms with Crippen molar-refractivity contribution in [2.45, 2.75) is 46.6 Å². The van der Waals surface area contributed by atoms with E-state index < -0.39 is 0 Å². The minimum absolute atomic E-state index is 0.0175. The third kappa shape index (κ3) is 4.41. The molecule has 0 saturated carbocycles. The summed E-state index contributed by atoms with van der Waals surface area (Å²) in [6.07, 6.45) is 2.93.